The molecule has 158 valence electrons. The predicted molar refractivity (Wildman–Crippen MR) is 116 cm³/mol. The third-order valence-electron chi connectivity index (χ3n) is 5.90. The van der Waals surface area contributed by atoms with Crippen LogP contribution >= 0.6 is 22.7 Å². The van der Waals surface area contributed by atoms with Crippen molar-refractivity contribution in [2.45, 2.75) is 37.8 Å². The summed E-state index contributed by atoms with van der Waals surface area (Å²) in [5, 5.41) is 9.74. The van der Waals surface area contributed by atoms with Crippen LogP contribution in [0.1, 0.15) is 40.6 Å². The van der Waals surface area contributed by atoms with Gasteiger partial charge in [-0.15, -0.1) is 22.7 Å². The smallest absolute Gasteiger partial charge is 0.270 e. The largest absolute Gasteiger partial charge is 0.325 e. The molecule has 2 aromatic heterocycles. The number of rotatable bonds is 3. The summed E-state index contributed by atoms with van der Waals surface area (Å²) < 4.78 is 23.7. The molecule has 2 amide bonds. The Labute approximate surface area is 182 Å². The van der Waals surface area contributed by atoms with E-state index in [1.807, 2.05) is 22.4 Å². The van der Waals surface area contributed by atoms with Gasteiger partial charge in [0.15, 0.2) is 9.84 Å². The molecule has 0 unspecified atom stereocenters. The number of carbonyl (C=O) groups excluding carboxylic acids is 2. The van der Waals surface area contributed by atoms with Crippen LogP contribution in [0.15, 0.2) is 34.1 Å². The highest BCUT2D eigenvalue weighted by atomic mass is 32.2. The fraction of sp³-hybridized carbons (Fsp3) is 0.450. The molecule has 3 aliphatic heterocycles. The molecule has 2 aromatic rings. The molecule has 5 rings (SSSR count). The fourth-order valence-electron chi connectivity index (χ4n) is 4.43. The van der Waals surface area contributed by atoms with E-state index in [1.165, 1.54) is 9.89 Å². The molecule has 1 saturated heterocycles. The molecule has 10 heteroatoms. The zero-order chi connectivity index (χ0) is 20.9. The summed E-state index contributed by atoms with van der Waals surface area (Å²) >= 11 is 3.34. The first-order valence-corrected chi connectivity index (χ1v) is 13.5. The average molecular weight is 464 g/mol. The van der Waals surface area contributed by atoms with Gasteiger partial charge in [-0.2, -0.15) is 5.10 Å². The first-order chi connectivity index (χ1) is 14.4. The third kappa shape index (κ3) is 3.50. The molecule has 30 heavy (non-hydrogen) atoms. The molecule has 1 fully saturated rings. The number of carbonyl (C=O) groups is 2. The molecule has 0 aromatic carbocycles. The molecule has 0 bridgehead atoms. The Hall–Kier alpha value is -2.04. The molecule has 2 atom stereocenters. The van der Waals surface area contributed by atoms with Crippen LogP contribution in [-0.2, 0) is 25.8 Å². The van der Waals surface area contributed by atoms with Gasteiger partial charge in [0.25, 0.3) is 5.91 Å². The van der Waals surface area contributed by atoms with Gasteiger partial charge in [0, 0.05) is 29.1 Å². The van der Waals surface area contributed by atoms with Crippen LogP contribution in [-0.4, -0.2) is 59.9 Å². The Bertz CT molecular complexity index is 1120. The number of fused-ring (bicyclic) bond motifs is 1. The second-order valence-corrected chi connectivity index (χ2v) is 12.0. The van der Waals surface area contributed by atoms with Gasteiger partial charge in [0.05, 0.1) is 23.6 Å². The highest BCUT2D eigenvalue weighted by Crippen LogP contribution is 2.40. The lowest BCUT2D eigenvalue weighted by molar-refractivity contribution is -0.134. The van der Waals surface area contributed by atoms with Gasteiger partial charge >= 0.3 is 0 Å². The molecule has 0 radical (unpaired) electrons. The summed E-state index contributed by atoms with van der Waals surface area (Å²) in [7, 11) is -3.15. The van der Waals surface area contributed by atoms with E-state index in [2.05, 4.69) is 16.5 Å². The van der Waals surface area contributed by atoms with Crippen LogP contribution in [0.2, 0.25) is 0 Å². The molecule has 0 N–H and O–H groups in total. The maximum absolute atomic E-state index is 13.5. The Morgan fingerprint density at radius 1 is 1.13 bits per heavy atom. The fourth-order valence-corrected chi connectivity index (χ4v) is 7.88. The first-order valence-electron chi connectivity index (χ1n) is 9.93. The van der Waals surface area contributed by atoms with Crippen molar-refractivity contribution in [3.05, 3.63) is 44.3 Å². The number of thiophene rings is 2. The van der Waals surface area contributed by atoms with E-state index in [1.54, 1.807) is 22.7 Å². The second kappa shape index (κ2) is 7.58. The maximum Gasteiger partial charge on any atom is 0.270 e. The van der Waals surface area contributed by atoms with Gasteiger partial charge in [-0.05, 0) is 41.3 Å². The van der Waals surface area contributed by atoms with E-state index in [4.69, 9.17) is 0 Å². The van der Waals surface area contributed by atoms with E-state index in [0.29, 0.717) is 18.7 Å². The lowest BCUT2D eigenvalue weighted by Crippen LogP contribution is -2.47. The van der Waals surface area contributed by atoms with Crippen LogP contribution in [0, 0.1) is 0 Å². The maximum atomic E-state index is 13.5. The monoisotopic (exact) mass is 463 g/mol. The molecule has 5 heterocycles. The Morgan fingerprint density at radius 3 is 2.73 bits per heavy atom. The number of hydrogen-bond acceptors (Lipinski definition) is 7. The van der Waals surface area contributed by atoms with Crippen molar-refractivity contribution in [2.24, 2.45) is 5.10 Å². The van der Waals surface area contributed by atoms with Gasteiger partial charge in [-0.25, -0.2) is 13.4 Å². The lowest BCUT2D eigenvalue weighted by Gasteiger charge is -2.37. The van der Waals surface area contributed by atoms with Crippen LogP contribution < -0.4 is 0 Å². The molecular weight excluding hydrogens is 442 g/mol. The van der Waals surface area contributed by atoms with Crippen molar-refractivity contribution >= 4 is 50.0 Å². The van der Waals surface area contributed by atoms with Crippen LogP contribution in [0.3, 0.4) is 0 Å². The van der Waals surface area contributed by atoms with E-state index in [-0.39, 0.29) is 42.2 Å². The number of amides is 2. The minimum Gasteiger partial charge on any atom is -0.325 e. The van der Waals surface area contributed by atoms with Crippen molar-refractivity contribution in [2.75, 3.05) is 18.1 Å². The van der Waals surface area contributed by atoms with Gasteiger partial charge in [-0.3, -0.25) is 9.59 Å². The standard InChI is InChI=1S/C20H21N3O4S3/c24-18-4-3-15(21-23(18)13-7-11-30(26,27)12-13)20(25)22-8-5-16-14(6-10-29-16)19(22)17-2-1-9-28-17/h1-2,6,9-10,13,19H,3-5,7-8,11-12H2/t13-,19-/m1/s1. The number of nitrogens with zero attached hydrogens (tertiary/aromatic N) is 3. The molecule has 0 spiro atoms. The summed E-state index contributed by atoms with van der Waals surface area (Å²) in [5.74, 6) is -0.386. The highest BCUT2D eigenvalue weighted by Gasteiger charge is 2.40. The SMILES string of the molecule is O=C(C1=NN([C@@H]2CCS(=O)(=O)C2)C(=O)CC1)N1CCc2sccc2[C@@H]1c1cccs1. The van der Waals surface area contributed by atoms with E-state index in [9.17, 15) is 18.0 Å². The van der Waals surface area contributed by atoms with Crippen molar-refractivity contribution in [1.82, 2.24) is 9.91 Å². The number of hydrazone groups is 1. The summed E-state index contributed by atoms with van der Waals surface area (Å²) in [4.78, 5) is 30.2. The molecular formula is C20H21N3O4S3. The normalized spacial score (nSPS) is 25.9. The quantitative estimate of drug-likeness (QED) is 0.700. The summed E-state index contributed by atoms with van der Waals surface area (Å²) in [6.45, 7) is 0.597. The van der Waals surface area contributed by atoms with Crippen molar-refractivity contribution < 1.29 is 18.0 Å². The Morgan fingerprint density at radius 2 is 2.00 bits per heavy atom. The van der Waals surface area contributed by atoms with Crippen molar-refractivity contribution in [3.63, 3.8) is 0 Å². The molecule has 0 saturated carbocycles. The lowest BCUT2D eigenvalue weighted by atomic mass is 9.97. The van der Waals surface area contributed by atoms with Gasteiger partial charge < -0.3 is 4.90 Å². The van der Waals surface area contributed by atoms with Crippen molar-refractivity contribution in [3.8, 4) is 0 Å². The predicted octanol–water partition coefficient (Wildman–Crippen LogP) is 2.45. The van der Waals surface area contributed by atoms with Crippen molar-refractivity contribution in [1.29, 1.82) is 0 Å². The summed E-state index contributed by atoms with van der Waals surface area (Å²) in [6, 6.07) is 5.51. The van der Waals surface area contributed by atoms with E-state index >= 15 is 0 Å². The molecule has 0 aliphatic carbocycles. The molecule has 3 aliphatic rings. The minimum atomic E-state index is -3.15. The van der Waals surface area contributed by atoms with Crippen LogP contribution in [0.25, 0.3) is 0 Å². The summed E-state index contributed by atoms with van der Waals surface area (Å²) in [5.41, 5.74) is 1.51. The van der Waals surface area contributed by atoms with Gasteiger partial charge in [0.2, 0.25) is 5.91 Å². The minimum absolute atomic E-state index is 0.0633. The van der Waals surface area contributed by atoms with Gasteiger partial charge in [0.1, 0.15) is 5.71 Å². The van der Waals surface area contributed by atoms with E-state index < -0.39 is 15.9 Å². The summed E-state index contributed by atoms with van der Waals surface area (Å²) in [6.07, 6.45) is 1.65. The van der Waals surface area contributed by atoms with Crippen LogP contribution in [0.5, 0.6) is 0 Å². The van der Waals surface area contributed by atoms with E-state index in [0.717, 1.165) is 16.9 Å². The zero-order valence-electron chi connectivity index (χ0n) is 16.2. The second-order valence-electron chi connectivity index (χ2n) is 7.81. The highest BCUT2D eigenvalue weighted by molar-refractivity contribution is 7.91. The first kappa shape index (κ1) is 19.9. The number of sulfone groups is 1. The average Bonchev–Trinajstić information content (AvgIpc) is 3.47. The number of hydrogen-bond donors (Lipinski definition) is 0. The topological polar surface area (TPSA) is 87.1 Å². The molecule has 7 nitrogen and oxygen atoms in total. The Kier molecular flexibility index (Phi) is 5.03. The van der Waals surface area contributed by atoms with Crippen LogP contribution in [0.4, 0.5) is 0 Å². The zero-order valence-corrected chi connectivity index (χ0v) is 18.6. The Balaban J connectivity index is 1.46. The van der Waals surface area contributed by atoms with Gasteiger partial charge in [-0.1, -0.05) is 6.07 Å². The third-order valence-corrected chi connectivity index (χ3v) is 9.57.